The molecule has 1 heterocycles. The zero-order valence-electron chi connectivity index (χ0n) is 12.9. The number of anilines is 1. The van der Waals surface area contributed by atoms with Crippen LogP contribution in [0.1, 0.15) is 12.0 Å². The summed E-state index contributed by atoms with van der Waals surface area (Å²) in [6, 6.07) is 8.89. The molecule has 0 amide bonds. The van der Waals surface area contributed by atoms with E-state index in [2.05, 4.69) is 53.1 Å². The Labute approximate surface area is 123 Å². The van der Waals surface area contributed by atoms with Crippen molar-refractivity contribution in [2.75, 3.05) is 58.3 Å². The van der Waals surface area contributed by atoms with Gasteiger partial charge in [-0.25, -0.2) is 0 Å². The second kappa shape index (κ2) is 7.62. The molecular weight excluding hydrogens is 248 g/mol. The second-order valence-corrected chi connectivity index (χ2v) is 5.82. The molecule has 1 aliphatic rings. The van der Waals surface area contributed by atoms with E-state index in [-0.39, 0.29) is 0 Å². The molecule has 2 N–H and O–H groups in total. The van der Waals surface area contributed by atoms with E-state index in [9.17, 15) is 0 Å². The molecule has 1 aromatic carbocycles. The molecule has 0 unspecified atom stereocenters. The molecule has 1 fully saturated rings. The molecule has 1 aliphatic heterocycles. The molecule has 0 spiro atoms. The summed E-state index contributed by atoms with van der Waals surface area (Å²) in [4.78, 5) is 7.21. The van der Waals surface area contributed by atoms with Gasteiger partial charge in [0.25, 0.3) is 0 Å². The molecular formula is C16H28N4. The highest BCUT2D eigenvalue weighted by atomic mass is 15.3. The zero-order chi connectivity index (χ0) is 14.4. The van der Waals surface area contributed by atoms with Crippen LogP contribution in [0.2, 0.25) is 0 Å². The van der Waals surface area contributed by atoms with Crippen LogP contribution in [0.5, 0.6) is 0 Å². The summed E-state index contributed by atoms with van der Waals surface area (Å²) in [6.07, 6.45) is 1.12. The number of rotatable bonds is 6. The maximum atomic E-state index is 5.57. The van der Waals surface area contributed by atoms with E-state index in [1.807, 2.05) is 0 Å². The molecule has 20 heavy (non-hydrogen) atoms. The third kappa shape index (κ3) is 4.47. The lowest BCUT2D eigenvalue weighted by atomic mass is 10.1. The van der Waals surface area contributed by atoms with Gasteiger partial charge in [-0.2, -0.15) is 0 Å². The highest BCUT2D eigenvalue weighted by Gasteiger charge is 2.16. The average Bonchev–Trinajstić information content (AvgIpc) is 2.47. The molecule has 2 rings (SSSR count). The molecule has 0 saturated carbocycles. The summed E-state index contributed by atoms with van der Waals surface area (Å²) in [7, 11) is 4.16. The molecule has 0 bridgehead atoms. The van der Waals surface area contributed by atoms with Crippen LogP contribution >= 0.6 is 0 Å². The van der Waals surface area contributed by atoms with E-state index in [1.165, 1.54) is 37.4 Å². The monoisotopic (exact) mass is 276 g/mol. The zero-order valence-corrected chi connectivity index (χ0v) is 12.9. The first-order valence-corrected chi connectivity index (χ1v) is 7.60. The van der Waals surface area contributed by atoms with E-state index in [0.717, 1.165) is 26.1 Å². The third-order valence-electron chi connectivity index (χ3n) is 4.00. The summed E-state index contributed by atoms with van der Waals surface area (Å²) in [5, 5.41) is 0. The van der Waals surface area contributed by atoms with Crippen LogP contribution in [0.4, 0.5) is 5.69 Å². The summed E-state index contributed by atoms with van der Waals surface area (Å²) in [6.45, 7) is 7.71. The minimum atomic E-state index is 0.804. The topological polar surface area (TPSA) is 35.7 Å². The van der Waals surface area contributed by atoms with Gasteiger partial charge >= 0.3 is 0 Å². The molecule has 0 atom stereocenters. The van der Waals surface area contributed by atoms with E-state index in [4.69, 9.17) is 5.73 Å². The molecule has 0 aliphatic carbocycles. The second-order valence-electron chi connectivity index (χ2n) is 5.82. The standard InChI is InChI=1S/C16H28N4/c1-18(2)16-6-4-15(5-7-16)14-20-12-10-19(11-13-20)9-3-8-17/h4-7H,3,8-14,17H2,1-2H3. The third-order valence-corrected chi connectivity index (χ3v) is 4.00. The minimum absolute atomic E-state index is 0.804. The average molecular weight is 276 g/mol. The van der Waals surface area contributed by atoms with Crippen LogP contribution in [0, 0.1) is 0 Å². The Morgan fingerprint density at radius 1 is 1.00 bits per heavy atom. The fourth-order valence-corrected chi connectivity index (χ4v) is 2.64. The number of benzene rings is 1. The van der Waals surface area contributed by atoms with Gasteiger partial charge in [-0.05, 0) is 37.2 Å². The Morgan fingerprint density at radius 2 is 1.60 bits per heavy atom. The van der Waals surface area contributed by atoms with Crippen molar-refractivity contribution in [1.82, 2.24) is 9.80 Å². The molecule has 0 aromatic heterocycles. The molecule has 1 saturated heterocycles. The fourth-order valence-electron chi connectivity index (χ4n) is 2.64. The number of hydrogen-bond donors (Lipinski definition) is 1. The Balaban J connectivity index is 1.77. The van der Waals surface area contributed by atoms with Gasteiger partial charge in [-0.15, -0.1) is 0 Å². The molecule has 4 nitrogen and oxygen atoms in total. The normalized spacial score (nSPS) is 17.4. The Bertz CT molecular complexity index is 380. The Kier molecular flexibility index (Phi) is 5.83. The van der Waals surface area contributed by atoms with Crippen molar-refractivity contribution >= 4 is 5.69 Å². The SMILES string of the molecule is CN(C)c1ccc(CN2CCN(CCCN)CC2)cc1. The lowest BCUT2D eigenvalue weighted by Gasteiger charge is -2.34. The van der Waals surface area contributed by atoms with Gasteiger partial charge in [-0.1, -0.05) is 12.1 Å². The van der Waals surface area contributed by atoms with Gasteiger partial charge in [0.05, 0.1) is 0 Å². The van der Waals surface area contributed by atoms with Crippen molar-refractivity contribution in [1.29, 1.82) is 0 Å². The van der Waals surface area contributed by atoms with Crippen LogP contribution in [0.25, 0.3) is 0 Å². The number of hydrogen-bond acceptors (Lipinski definition) is 4. The number of nitrogens with zero attached hydrogens (tertiary/aromatic N) is 3. The first-order chi connectivity index (χ1) is 9.69. The van der Waals surface area contributed by atoms with E-state index in [1.54, 1.807) is 0 Å². The largest absolute Gasteiger partial charge is 0.378 e. The summed E-state index contributed by atoms with van der Waals surface area (Å²) >= 11 is 0. The predicted octanol–water partition coefficient (Wildman–Crippen LogP) is 1.22. The van der Waals surface area contributed by atoms with Crippen LogP contribution < -0.4 is 10.6 Å². The van der Waals surface area contributed by atoms with E-state index in [0.29, 0.717) is 0 Å². The Hall–Kier alpha value is -1.10. The van der Waals surface area contributed by atoms with Gasteiger partial charge in [0.15, 0.2) is 0 Å². The minimum Gasteiger partial charge on any atom is -0.378 e. The summed E-state index contributed by atoms with van der Waals surface area (Å²) in [5.74, 6) is 0. The van der Waals surface area contributed by atoms with Crippen molar-refractivity contribution in [2.24, 2.45) is 5.73 Å². The molecule has 4 heteroatoms. The molecule has 1 aromatic rings. The van der Waals surface area contributed by atoms with Crippen molar-refractivity contribution < 1.29 is 0 Å². The highest BCUT2D eigenvalue weighted by molar-refractivity contribution is 5.45. The van der Waals surface area contributed by atoms with Crippen LogP contribution in [0.3, 0.4) is 0 Å². The van der Waals surface area contributed by atoms with Crippen molar-refractivity contribution in [3.8, 4) is 0 Å². The van der Waals surface area contributed by atoms with Gasteiger partial charge < -0.3 is 15.5 Å². The maximum absolute atomic E-state index is 5.57. The maximum Gasteiger partial charge on any atom is 0.0361 e. The smallest absolute Gasteiger partial charge is 0.0361 e. The lowest BCUT2D eigenvalue weighted by molar-refractivity contribution is 0.127. The van der Waals surface area contributed by atoms with Gasteiger partial charge in [0, 0.05) is 52.5 Å². The van der Waals surface area contributed by atoms with Gasteiger partial charge in [-0.3, -0.25) is 4.90 Å². The first kappa shape index (κ1) is 15.3. The summed E-state index contributed by atoms with van der Waals surface area (Å²) in [5.41, 5.74) is 8.24. The quantitative estimate of drug-likeness (QED) is 0.847. The van der Waals surface area contributed by atoms with Crippen LogP contribution in [0.15, 0.2) is 24.3 Å². The van der Waals surface area contributed by atoms with E-state index >= 15 is 0 Å². The van der Waals surface area contributed by atoms with Gasteiger partial charge in [0.1, 0.15) is 0 Å². The van der Waals surface area contributed by atoms with Crippen molar-refractivity contribution in [3.63, 3.8) is 0 Å². The van der Waals surface area contributed by atoms with Crippen molar-refractivity contribution in [3.05, 3.63) is 29.8 Å². The van der Waals surface area contributed by atoms with Gasteiger partial charge in [0.2, 0.25) is 0 Å². The molecule has 0 radical (unpaired) electrons. The number of nitrogens with two attached hydrogens (primary N) is 1. The first-order valence-electron chi connectivity index (χ1n) is 7.60. The predicted molar refractivity (Wildman–Crippen MR) is 86.2 cm³/mol. The summed E-state index contributed by atoms with van der Waals surface area (Å²) < 4.78 is 0. The lowest BCUT2D eigenvalue weighted by Crippen LogP contribution is -2.46. The highest BCUT2D eigenvalue weighted by Crippen LogP contribution is 2.14. The fraction of sp³-hybridized carbons (Fsp3) is 0.625. The Morgan fingerprint density at radius 3 is 2.15 bits per heavy atom. The molecule has 112 valence electrons. The van der Waals surface area contributed by atoms with Crippen molar-refractivity contribution in [2.45, 2.75) is 13.0 Å². The van der Waals surface area contributed by atoms with E-state index < -0.39 is 0 Å². The number of piperazine rings is 1. The van der Waals surface area contributed by atoms with Crippen LogP contribution in [-0.4, -0.2) is 63.2 Å². The van der Waals surface area contributed by atoms with Crippen LogP contribution in [-0.2, 0) is 6.54 Å².